The van der Waals surface area contributed by atoms with Crippen molar-refractivity contribution in [2.24, 2.45) is 5.73 Å². The fourth-order valence-electron chi connectivity index (χ4n) is 6.90. The molecule has 0 aliphatic heterocycles. The number of esters is 1. The lowest BCUT2D eigenvalue weighted by Crippen LogP contribution is -2.28. The van der Waals surface area contributed by atoms with Gasteiger partial charge in [0, 0.05) is 19.6 Å². The van der Waals surface area contributed by atoms with E-state index in [4.69, 9.17) is 24.3 Å². The Morgan fingerprint density at radius 2 is 0.903 bits per heavy atom. The molecule has 0 spiro atoms. The maximum Gasteiger partial charge on any atom is 0.472 e. The quantitative estimate of drug-likeness (QED) is 0.0268. The molecule has 0 saturated carbocycles. The summed E-state index contributed by atoms with van der Waals surface area (Å²) in [6.07, 6.45) is 63.7. The highest BCUT2D eigenvalue weighted by Gasteiger charge is 2.25. The first kappa shape index (κ1) is 59.9. The van der Waals surface area contributed by atoms with Crippen LogP contribution in [0.15, 0.2) is 72.9 Å². The number of allylic oxidation sites excluding steroid dienone is 12. The number of phosphoric ester groups is 1. The smallest absolute Gasteiger partial charge is 0.457 e. The Bertz CT molecular complexity index is 1180. The second-order valence-corrected chi connectivity index (χ2v) is 18.1. The van der Waals surface area contributed by atoms with E-state index in [0.717, 1.165) is 83.5 Å². The van der Waals surface area contributed by atoms with Crippen LogP contribution < -0.4 is 5.73 Å². The molecule has 3 N–H and O–H groups in total. The molecule has 0 amide bonds. The summed E-state index contributed by atoms with van der Waals surface area (Å²) in [5.74, 6) is -0.341. The van der Waals surface area contributed by atoms with Gasteiger partial charge in [0.15, 0.2) is 0 Å². The van der Waals surface area contributed by atoms with Gasteiger partial charge in [-0.1, -0.05) is 202 Å². The fourth-order valence-corrected chi connectivity index (χ4v) is 7.67. The molecule has 0 aromatic carbocycles. The van der Waals surface area contributed by atoms with Gasteiger partial charge in [0.25, 0.3) is 0 Å². The maximum absolute atomic E-state index is 12.7. The largest absolute Gasteiger partial charge is 0.472 e. The van der Waals surface area contributed by atoms with Crippen molar-refractivity contribution in [1.29, 1.82) is 0 Å². The molecule has 0 fully saturated rings. The minimum atomic E-state index is -4.29. The molecular weight excluding hydrogens is 794 g/mol. The van der Waals surface area contributed by atoms with E-state index >= 15 is 0 Å². The van der Waals surface area contributed by atoms with Gasteiger partial charge in [-0.2, -0.15) is 0 Å². The van der Waals surface area contributed by atoms with Crippen molar-refractivity contribution in [1.82, 2.24) is 0 Å². The van der Waals surface area contributed by atoms with Crippen molar-refractivity contribution < 1.29 is 32.8 Å². The van der Waals surface area contributed by atoms with Gasteiger partial charge in [0.2, 0.25) is 0 Å². The molecule has 0 bridgehead atoms. The average molecular weight is 890 g/mol. The van der Waals surface area contributed by atoms with Gasteiger partial charge in [-0.15, -0.1) is 0 Å². The predicted molar refractivity (Wildman–Crippen MR) is 265 cm³/mol. The van der Waals surface area contributed by atoms with E-state index in [2.05, 4.69) is 86.8 Å². The third kappa shape index (κ3) is 49.0. The molecule has 62 heavy (non-hydrogen) atoms. The van der Waals surface area contributed by atoms with Gasteiger partial charge in [0.05, 0.1) is 19.8 Å². The van der Waals surface area contributed by atoms with Crippen LogP contribution in [-0.4, -0.2) is 49.9 Å². The van der Waals surface area contributed by atoms with E-state index in [9.17, 15) is 14.3 Å². The Morgan fingerprint density at radius 3 is 1.37 bits per heavy atom. The van der Waals surface area contributed by atoms with Crippen molar-refractivity contribution in [3.05, 3.63) is 72.9 Å². The van der Waals surface area contributed by atoms with Crippen LogP contribution in [0.1, 0.15) is 219 Å². The van der Waals surface area contributed by atoms with Crippen molar-refractivity contribution >= 4 is 13.8 Å². The van der Waals surface area contributed by atoms with Crippen LogP contribution >= 0.6 is 7.82 Å². The summed E-state index contributed by atoms with van der Waals surface area (Å²) >= 11 is 0. The Balaban J connectivity index is 4.00. The molecule has 2 unspecified atom stereocenters. The van der Waals surface area contributed by atoms with E-state index in [1.807, 2.05) is 0 Å². The summed E-state index contributed by atoms with van der Waals surface area (Å²) in [4.78, 5) is 22.6. The molecule has 0 radical (unpaired) electrons. The molecule has 2 atom stereocenters. The molecule has 0 aromatic rings. The van der Waals surface area contributed by atoms with Crippen LogP contribution in [0.3, 0.4) is 0 Å². The van der Waals surface area contributed by atoms with Crippen molar-refractivity contribution in [2.75, 3.05) is 33.0 Å². The molecule has 360 valence electrons. The number of rotatable bonds is 48. The lowest BCUT2D eigenvalue weighted by molar-refractivity contribution is -0.154. The molecule has 0 saturated heterocycles. The fraction of sp³-hybridized carbons (Fsp3) is 0.755. The van der Waals surface area contributed by atoms with Crippen LogP contribution in [0.4, 0.5) is 0 Å². The molecule has 0 heterocycles. The molecular formula is C53H96NO7P. The van der Waals surface area contributed by atoms with Crippen LogP contribution in [0.25, 0.3) is 0 Å². The predicted octanol–water partition coefficient (Wildman–Crippen LogP) is 15.9. The summed E-state index contributed by atoms with van der Waals surface area (Å²) in [7, 11) is -4.29. The Labute approximate surface area is 382 Å². The number of carbonyl (C=O) groups is 1. The van der Waals surface area contributed by atoms with E-state index in [1.165, 1.54) is 116 Å². The van der Waals surface area contributed by atoms with Crippen LogP contribution in [0, 0.1) is 0 Å². The number of ether oxygens (including phenoxy) is 2. The number of nitrogens with two attached hydrogens (primary N) is 1. The van der Waals surface area contributed by atoms with E-state index in [0.29, 0.717) is 13.0 Å². The number of carbonyl (C=O) groups excluding carboxylic acids is 1. The van der Waals surface area contributed by atoms with Gasteiger partial charge >= 0.3 is 13.8 Å². The third-order valence-corrected chi connectivity index (χ3v) is 11.6. The molecule has 0 aliphatic rings. The zero-order valence-electron chi connectivity index (χ0n) is 40.1. The first-order valence-electron chi connectivity index (χ1n) is 25.4. The summed E-state index contributed by atoms with van der Waals surface area (Å²) in [6.45, 7) is 4.76. The van der Waals surface area contributed by atoms with Crippen molar-refractivity contribution in [3.63, 3.8) is 0 Å². The van der Waals surface area contributed by atoms with Gasteiger partial charge in [0.1, 0.15) is 6.10 Å². The third-order valence-electron chi connectivity index (χ3n) is 10.6. The van der Waals surface area contributed by atoms with Crippen molar-refractivity contribution in [3.8, 4) is 0 Å². The van der Waals surface area contributed by atoms with Crippen LogP contribution in [0.5, 0.6) is 0 Å². The summed E-state index contributed by atoms with van der Waals surface area (Å²) in [6, 6.07) is 0. The molecule has 0 aliphatic carbocycles. The van der Waals surface area contributed by atoms with E-state index in [1.54, 1.807) is 0 Å². The Morgan fingerprint density at radius 1 is 0.500 bits per heavy atom. The van der Waals surface area contributed by atoms with Gasteiger partial charge in [-0.25, -0.2) is 4.57 Å². The molecule has 8 nitrogen and oxygen atoms in total. The van der Waals surface area contributed by atoms with Crippen molar-refractivity contribution in [2.45, 2.75) is 225 Å². The molecule has 0 rings (SSSR count). The highest BCUT2D eigenvalue weighted by molar-refractivity contribution is 7.47. The topological polar surface area (TPSA) is 117 Å². The lowest BCUT2D eigenvalue weighted by Gasteiger charge is -2.20. The van der Waals surface area contributed by atoms with Crippen LogP contribution in [-0.2, 0) is 27.9 Å². The summed E-state index contributed by atoms with van der Waals surface area (Å²) in [5, 5.41) is 0. The number of hydrogen-bond donors (Lipinski definition) is 2. The number of unbranched alkanes of at least 4 members (excludes halogenated alkanes) is 23. The average Bonchev–Trinajstić information content (AvgIpc) is 3.26. The van der Waals surface area contributed by atoms with Gasteiger partial charge in [-0.05, 0) is 83.5 Å². The molecule has 0 aromatic heterocycles. The SMILES string of the molecule is CC/C=C\C/C=C\C/C=C\C/C=C\C/C=C\CCCCCCOCC(COP(=O)(O)OCCN)OC(=O)CCCCCCCCCCCCC/C=C\CCCCCCCCCC. The first-order chi connectivity index (χ1) is 30.4. The monoisotopic (exact) mass is 890 g/mol. The molecule has 9 heteroatoms. The van der Waals surface area contributed by atoms with E-state index < -0.39 is 13.9 Å². The standard InChI is InChI=1S/C53H96NO7P/c1-3-5-7-9-11-13-15-17-19-21-23-25-26-27-28-30-32-34-36-38-40-42-44-46-53(55)61-52(51-60-62(56,57)59-49-47-54)50-58-48-45-43-41-39-37-35-33-31-29-24-22-20-18-16-14-12-10-8-6-4-2/h6,8,12,14,18,20-21,23-24,29,33,35,52H,3-5,7,9-11,13,15-17,19,22,25-28,30-32,34,36-51,54H2,1-2H3,(H,56,57)/b8-6-,14-12-,20-18-,23-21-,29-24-,35-33-. The van der Waals surface area contributed by atoms with Gasteiger partial charge < -0.3 is 20.1 Å². The lowest BCUT2D eigenvalue weighted by atomic mass is 10.0. The number of phosphoric acid groups is 1. The summed E-state index contributed by atoms with van der Waals surface area (Å²) < 4.78 is 33.5. The van der Waals surface area contributed by atoms with Gasteiger partial charge in [-0.3, -0.25) is 13.8 Å². The normalized spacial score (nSPS) is 13.9. The second kappa shape index (κ2) is 49.9. The van der Waals surface area contributed by atoms with Crippen LogP contribution in [0.2, 0.25) is 0 Å². The number of hydrogen-bond acceptors (Lipinski definition) is 7. The highest BCUT2D eigenvalue weighted by atomic mass is 31.2. The second-order valence-electron chi connectivity index (χ2n) is 16.6. The minimum absolute atomic E-state index is 0.0927. The summed E-state index contributed by atoms with van der Waals surface area (Å²) in [5.41, 5.74) is 5.39. The Kier molecular flexibility index (Phi) is 48.3. The first-order valence-corrected chi connectivity index (χ1v) is 26.9. The zero-order valence-corrected chi connectivity index (χ0v) is 41.0. The highest BCUT2D eigenvalue weighted by Crippen LogP contribution is 2.43. The Hall–Kier alpha value is -2.06. The van der Waals surface area contributed by atoms with E-state index in [-0.39, 0.29) is 32.3 Å². The maximum atomic E-state index is 12.7. The minimum Gasteiger partial charge on any atom is -0.457 e. The zero-order chi connectivity index (χ0) is 45.1.